The van der Waals surface area contributed by atoms with Crippen LogP contribution in [0.25, 0.3) is 0 Å². The maximum absolute atomic E-state index is 13.3. The standard InChI is InChI=1S/C10H12F4N2/c1-5(2)4-16(3)8-6(11)9(13)15-10(14)7(8)12/h5H,4H2,1-3H3. The summed E-state index contributed by atoms with van der Waals surface area (Å²) in [4.78, 5) is 3.61. The Morgan fingerprint density at radius 1 is 1.06 bits per heavy atom. The van der Waals surface area contributed by atoms with Gasteiger partial charge in [0.25, 0.3) is 11.9 Å². The number of halogens is 4. The van der Waals surface area contributed by atoms with Gasteiger partial charge in [0.15, 0.2) is 0 Å². The van der Waals surface area contributed by atoms with E-state index in [-0.39, 0.29) is 12.5 Å². The summed E-state index contributed by atoms with van der Waals surface area (Å²) in [6.45, 7) is 3.91. The van der Waals surface area contributed by atoms with Crippen LogP contribution in [-0.4, -0.2) is 18.6 Å². The van der Waals surface area contributed by atoms with Crippen LogP contribution < -0.4 is 4.90 Å². The summed E-state index contributed by atoms with van der Waals surface area (Å²) < 4.78 is 52.1. The Balaban J connectivity index is 3.21. The zero-order chi connectivity index (χ0) is 12.5. The van der Waals surface area contributed by atoms with Gasteiger partial charge in [-0.25, -0.2) is 0 Å². The molecule has 2 nitrogen and oxygen atoms in total. The van der Waals surface area contributed by atoms with Crippen LogP contribution in [0, 0.1) is 29.4 Å². The van der Waals surface area contributed by atoms with Crippen LogP contribution in [0.1, 0.15) is 13.8 Å². The van der Waals surface area contributed by atoms with Crippen molar-refractivity contribution < 1.29 is 17.6 Å². The second-order valence-electron chi connectivity index (χ2n) is 3.94. The molecule has 1 rings (SSSR count). The second kappa shape index (κ2) is 4.67. The number of anilines is 1. The van der Waals surface area contributed by atoms with Crippen LogP contribution in [0.4, 0.5) is 23.2 Å². The Kier molecular flexibility index (Phi) is 3.72. The maximum atomic E-state index is 13.3. The molecule has 0 aliphatic rings. The average molecular weight is 236 g/mol. The molecular formula is C10H12F4N2. The minimum Gasteiger partial charge on any atom is -0.369 e. The van der Waals surface area contributed by atoms with Crippen molar-refractivity contribution in [3.63, 3.8) is 0 Å². The Morgan fingerprint density at radius 3 is 1.88 bits per heavy atom. The molecule has 0 spiro atoms. The highest BCUT2D eigenvalue weighted by Gasteiger charge is 2.23. The molecular weight excluding hydrogens is 224 g/mol. The van der Waals surface area contributed by atoms with Crippen LogP contribution in [0.3, 0.4) is 0 Å². The summed E-state index contributed by atoms with van der Waals surface area (Å²) in [7, 11) is 1.36. The van der Waals surface area contributed by atoms with Crippen molar-refractivity contribution >= 4 is 5.69 Å². The van der Waals surface area contributed by atoms with Crippen molar-refractivity contribution in [1.29, 1.82) is 0 Å². The molecule has 0 fully saturated rings. The minimum absolute atomic E-state index is 0.100. The molecule has 0 unspecified atom stereocenters. The van der Waals surface area contributed by atoms with Crippen LogP contribution in [0.15, 0.2) is 0 Å². The molecule has 0 saturated carbocycles. The van der Waals surface area contributed by atoms with Crippen molar-refractivity contribution in [3.05, 3.63) is 23.5 Å². The molecule has 0 aromatic carbocycles. The normalized spacial score (nSPS) is 11.0. The summed E-state index contributed by atoms with van der Waals surface area (Å²) in [6.07, 6.45) is 0. The number of nitrogens with zero attached hydrogens (tertiary/aromatic N) is 2. The van der Waals surface area contributed by atoms with Gasteiger partial charge >= 0.3 is 0 Å². The maximum Gasteiger partial charge on any atom is 0.253 e. The van der Waals surface area contributed by atoms with E-state index in [0.29, 0.717) is 0 Å². The quantitative estimate of drug-likeness (QED) is 0.592. The molecule has 90 valence electrons. The van der Waals surface area contributed by atoms with Gasteiger partial charge in [-0.15, -0.1) is 0 Å². The molecule has 1 aromatic rings. The van der Waals surface area contributed by atoms with Crippen LogP contribution in [0.2, 0.25) is 0 Å². The first-order chi connectivity index (χ1) is 7.34. The van der Waals surface area contributed by atoms with E-state index in [1.54, 1.807) is 0 Å². The Hall–Kier alpha value is -1.33. The summed E-state index contributed by atoms with van der Waals surface area (Å²) in [5.74, 6) is -6.11. The molecule has 0 aliphatic heterocycles. The molecule has 1 heterocycles. The highest BCUT2D eigenvalue weighted by atomic mass is 19.2. The van der Waals surface area contributed by atoms with E-state index in [2.05, 4.69) is 4.98 Å². The van der Waals surface area contributed by atoms with Gasteiger partial charge in [-0.2, -0.15) is 22.5 Å². The van der Waals surface area contributed by atoms with E-state index in [1.165, 1.54) is 7.05 Å². The molecule has 0 bridgehead atoms. The Morgan fingerprint density at radius 2 is 1.50 bits per heavy atom. The van der Waals surface area contributed by atoms with Gasteiger partial charge in [0.1, 0.15) is 5.69 Å². The monoisotopic (exact) mass is 236 g/mol. The van der Waals surface area contributed by atoms with Crippen molar-refractivity contribution in [2.45, 2.75) is 13.8 Å². The van der Waals surface area contributed by atoms with Gasteiger partial charge < -0.3 is 4.90 Å². The first-order valence-electron chi connectivity index (χ1n) is 4.75. The molecule has 0 aliphatic carbocycles. The van der Waals surface area contributed by atoms with Gasteiger partial charge in [-0.1, -0.05) is 13.8 Å². The molecule has 1 aromatic heterocycles. The number of hydrogen-bond acceptors (Lipinski definition) is 2. The van der Waals surface area contributed by atoms with E-state index < -0.39 is 29.2 Å². The van der Waals surface area contributed by atoms with E-state index in [9.17, 15) is 17.6 Å². The van der Waals surface area contributed by atoms with Crippen LogP contribution >= 0.6 is 0 Å². The fourth-order valence-electron chi connectivity index (χ4n) is 1.45. The SMILES string of the molecule is CC(C)CN(C)c1c(F)c(F)nc(F)c1F. The average Bonchev–Trinajstić information content (AvgIpc) is 2.14. The fourth-order valence-corrected chi connectivity index (χ4v) is 1.45. The Bertz CT molecular complexity index is 367. The predicted octanol–water partition coefficient (Wildman–Crippen LogP) is 2.73. The third kappa shape index (κ3) is 2.43. The number of aromatic nitrogens is 1. The summed E-state index contributed by atoms with van der Waals surface area (Å²) in [5.41, 5.74) is -0.723. The number of pyridine rings is 1. The lowest BCUT2D eigenvalue weighted by Crippen LogP contribution is -2.26. The van der Waals surface area contributed by atoms with Crippen molar-refractivity contribution in [2.75, 3.05) is 18.5 Å². The summed E-state index contributed by atoms with van der Waals surface area (Å²) in [5, 5.41) is 0. The van der Waals surface area contributed by atoms with Gasteiger partial charge in [0.2, 0.25) is 11.6 Å². The first kappa shape index (κ1) is 12.7. The lowest BCUT2D eigenvalue weighted by atomic mass is 10.2. The number of rotatable bonds is 3. The lowest BCUT2D eigenvalue weighted by Gasteiger charge is -2.22. The third-order valence-corrected chi connectivity index (χ3v) is 2.00. The highest BCUT2D eigenvalue weighted by Crippen LogP contribution is 2.25. The van der Waals surface area contributed by atoms with Gasteiger partial charge in [0.05, 0.1) is 0 Å². The van der Waals surface area contributed by atoms with E-state index >= 15 is 0 Å². The number of hydrogen-bond donors (Lipinski definition) is 0. The van der Waals surface area contributed by atoms with E-state index in [4.69, 9.17) is 0 Å². The van der Waals surface area contributed by atoms with Gasteiger partial charge in [0, 0.05) is 13.6 Å². The predicted molar refractivity (Wildman–Crippen MR) is 52.2 cm³/mol. The van der Waals surface area contributed by atoms with Gasteiger partial charge in [-0.3, -0.25) is 0 Å². The molecule has 0 radical (unpaired) electrons. The van der Waals surface area contributed by atoms with Crippen LogP contribution in [0.5, 0.6) is 0 Å². The van der Waals surface area contributed by atoms with E-state index in [1.807, 2.05) is 13.8 Å². The molecule has 0 amide bonds. The van der Waals surface area contributed by atoms with Crippen molar-refractivity contribution in [3.8, 4) is 0 Å². The largest absolute Gasteiger partial charge is 0.369 e. The van der Waals surface area contributed by atoms with Crippen molar-refractivity contribution in [1.82, 2.24) is 4.98 Å². The van der Waals surface area contributed by atoms with Crippen molar-refractivity contribution in [2.24, 2.45) is 5.92 Å². The molecule has 0 atom stereocenters. The lowest BCUT2D eigenvalue weighted by molar-refractivity contribution is 0.405. The second-order valence-corrected chi connectivity index (χ2v) is 3.94. The van der Waals surface area contributed by atoms with Crippen LogP contribution in [-0.2, 0) is 0 Å². The Labute approximate surface area is 90.9 Å². The zero-order valence-corrected chi connectivity index (χ0v) is 9.19. The molecule has 16 heavy (non-hydrogen) atoms. The summed E-state index contributed by atoms with van der Waals surface area (Å²) in [6, 6.07) is 0. The fraction of sp³-hybridized carbons (Fsp3) is 0.500. The molecule has 6 heteroatoms. The topological polar surface area (TPSA) is 16.1 Å². The first-order valence-corrected chi connectivity index (χ1v) is 4.75. The van der Waals surface area contributed by atoms with E-state index in [0.717, 1.165) is 4.90 Å². The van der Waals surface area contributed by atoms with Gasteiger partial charge in [-0.05, 0) is 5.92 Å². The molecule has 0 N–H and O–H groups in total. The third-order valence-electron chi connectivity index (χ3n) is 2.00. The molecule has 0 saturated heterocycles. The zero-order valence-electron chi connectivity index (χ0n) is 9.19. The summed E-state index contributed by atoms with van der Waals surface area (Å²) >= 11 is 0. The highest BCUT2D eigenvalue weighted by molar-refractivity contribution is 5.47. The smallest absolute Gasteiger partial charge is 0.253 e. The minimum atomic E-state index is -1.63.